The smallest absolute Gasteiger partial charge is 0.259 e. The van der Waals surface area contributed by atoms with E-state index in [2.05, 4.69) is 60.8 Å². The fourth-order valence-electron chi connectivity index (χ4n) is 4.23. The Morgan fingerprint density at radius 1 is 1.00 bits per heavy atom. The van der Waals surface area contributed by atoms with Crippen molar-refractivity contribution >= 4 is 11.6 Å². The number of aryl methyl sites for hydroxylation is 4. The fraction of sp³-hybridized carbons (Fsp3) is 0.360. The molecule has 156 valence electrons. The second kappa shape index (κ2) is 8.44. The van der Waals surface area contributed by atoms with Crippen molar-refractivity contribution in [3.63, 3.8) is 0 Å². The normalized spacial score (nSPS) is 14.7. The summed E-state index contributed by atoms with van der Waals surface area (Å²) in [7, 11) is 0. The number of amides is 1. The molecule has 0 spiro atoms. The third-order valence-corrected chi connectivity index (χ3v) is 6.14. The Balaban J connectivity index is 1.74. The number of anilines is 1. The summed E-state index contributed by atoms with van der Waals surface area (Å²) in [5, 5.41) is 11.2. The van der Waals surface area contributed by atoms with Crippen molar-refractivity contribution in [3.8, 4) is 5.69 Å². The highest BCUT2D eigenvalue weighted by molar-refractivity contribution is 6.05. The molecule has 0 bridgehead atoms. The molecule has 5 heteroatoms. The lowest BCUT2D eigenvalue weighted by Gasteiger charge is -2.25. The molecule has 2 heterocycles. The number of nitrogens with zero attached hydrogens (tertiary/aromatic N) is 2. The van der Waals surface area contributed by atoms with Crippen molar-refractivity contribution in [2.24, 2.45) is 0 Å². The van der Waals surface area contributed by atoms with Gasteiger partial charge in [-0.15, -0.1) is 0 Å². The average Bonchev–Trinajstić information content (AvgIpc) is 3.18. The van der Waals surface area contributed by atoms with Gasteiger partial charge in [0, 0.05) is 11.6 Å². The Kier molecular flexibility index (Phi) is 5.73. The molecule has 0 unspecified atom stereocenters. The number of carbonyl (C=O) groups is 1. The number of piperidine rings is 1. The molecule has 1 aliphatic rings. The molecule has 30 heavy (non-hydrogen) atoms. The molecule has 1 amide bonds. The maximum absolute atomic E-state index is 13.3. The maximum atomic E-state index is 13.3. The first-order valence-corrected chi connectivity index (χ1v) is 10.7. The van der Waals surface area contributed by atoms with E-state index in [1.165, 1.54) is 16.7 Å². The van der Waals surface area contributed by atoms with Crippen LogP contribution in [0, 0.1) is 27.7 Å². The molecule has 0 saturated carbocycles. The first kappa shape index (κ1) is 20.4. The number of rotatable bonds is 4. The van der Waals surface area contributed by atoms with Crippen molar-refractivity contribution in [1.29, 1.82) is 0 Å². The van der Waals surface area contributed by atoms with E-state index in [0.717, 1.165) is 48.6 Å². The molecule has 0 atom stereocenters. The highest BCUT2D eigenvalue weighted by Crippen LogP contribution is 2.31. The van der Waals surface area contributed by atoms with Crippen molar-refractivity contribution in [3.05, 3.63) is 76.1 Å². The highest BCUT2D eigenvalue weighted by atomic mass is 16.1. The van der Waals surface area contributed by atoms with Gasteiger partial charge in [0.05, 0.1) is 23.1 Å². The summed E-state index contributed by atoms with van der Waals surface area (Å²) < 4.78 is 1.97. The van der Waals surface area contributed by atoms with Crippen molar-refractivity contribution in [2.45, 2.75) is 46.5 Å². The number of hydrogen-bond donors (Lipinski definition) is 2. The number of aromatic nitrogens is 2. The number of hydrogen-bond acceptors (Lipinski definition) is 3. The summed E-state index contributed by atoms with van der Waals surface area (Å²) in [5.74, 6) is 0.209. The van der Waals surface area contributed by atoms with Gasteiger partial charge in [-0.1, -0.05) is 23.8 Å². The molecule has 0 radical (unpaired) electrons. The first-order valence-electron chi connectivity index (χ1n) is 10.7. The lowest BCUT2D eigenvalue weighted by Crippen LogP contribution is -2.29. The molecule has 2 aromatic carbocycles. The molecule has 1 fully saturated rings. The summed E-state index contributed by atoms with van der Waals surface area (Å²) >= 11 is 0. The maximum Gasteiger partial charge on any atom is 0.259 e. The average molecular weight is 403 g/mol. The van der Waals surface area contributed by atoms with E-state index >= 15 is 0 Å². The Hall–Kier alpha value is -2.92. The number of nitrogens with one attached hydrogen (secondary N) is 2. The zero-order valence-corrected chi connectivity index (χ0v) is 18.2. The molecular weight excluding hydrogens is 372 g/mol. The molecule has 2 N–H and O–H groups in total. The molecule has 1 aromatic heterocycles. The fourth-order valence-corrected chi connectivity index (χ4v) is 4.23. The van der Waals surface area contributed by atoms with Crippen molar-refractivity contribution in [1.82, 2.24) is 15.1 Å². The van der Waals surface area contributed by atoms with Gasteiger partial charge < -0.3 is 10.6 Å². The van der Waals surface area contributed by atoms with Crippen LogP contribution in [0.2, 0.25) is 0 Å². The van der Waals surface area contributed by atoms with Gasteiger partial charge in [-0.3, -0.25) is 4.79 Å². The Morgan fingerprint density at radius 2 is 1.77 bits per heavy atom. The van der Waals surface area contributed by atoms with Gasteiger partial charge in [-0.25, -0.2) is 4.68 Å². The lowest BCUT2D eigenvalue weighted by atomic mass is 9.91. The minimum Gasteiger partial charge on any atom is -0.322 e. The van der Waals surface area contributed by atoms with Gasteiger partial charge in [-0.2, -0.15) is 5.10 Å². The van der Waals surface area contributed by atoms with Gasteiger partial charge >= 0.3 is 0 Å². The summed E-state index contributed by atoms with van der Waals surface area (Å²) in [6.45, 7) is 10.2. The Morgan fingerprint density at radius 3 is 2.47 bits per heavy atom. The second-order valence-electron chi connectivity index (χ2n) is 8.42. The summed E-state index contributed by atoms with van der Waals surface area (Å²) in [6.07, 6.45) is 3.73. The minimum atomic E-state index is -0.0921. The van der Waals surface area contributed by atoms with Gasteiger partial charge in [0.2, 0.25) is 0 Å². The molecule has 1 saturated heterocycles. The van der Waals surface area contributed by atoms with Crippen LogP contribution in [-0.2, 0) is 0 Å². The van der Waals surface area contributed by atoms with Crippen LogP contribution in [0.5, 0.6) is 0 Å². The second-order valence-corrected chi connectivity index (χ2v) is 8.42. The van der Waals surface area contributed by atoms with Crippen LogP contribution in [0.4, 0.5) is 5.69 Å². The predicted molar refractivity (Wildman–Crippen MR) is 122 cm³/mol. The number of carbonyl (C=O) groups excluding carboxylic acids is 1. The van der Waals surface area contributed by atoms with Crippen LogP contribution in [0.3, 0.4) is 0 Å². The van der Waals surface area contributed by atoms with E-state index < -0.39 is 0 Å². The van der Waals surface area contributed by atoms with Crippen molar-refractivity contribution in [2.75, 3.05) is 18.4 Å². The Bertz CT molecular complexity index is 1080. The van der Waals surface area contributed by atoms with E-state index in [1.54, 1.807) is 6.20 Å². The molecule has 3 aromatic rings. The van der Waals surface area contributed by atoms with Gasteiger partial charge in [0.15, 0.2) is 0 Å². The molecule has 4 rings (SSSR count). The molecule has 5 nitrogen and oxygen atoms in total. The van der Waals surface area contributed by atoms with Crippen molar-refractivity contribution < 1.29 is 4.79 Å². The van der Waals surface area contributed by atoms with Gasteiger partial charge in [0.1, 0.15) is 0 Å². The van der Waals surface area contributed by atoms with E-state index in [0.29, 0.717) is 11.5 Å². The van der Waals surface area contributed by atoms with Crippen LogP contribution in [0.25, 0.3) is 5.69 Å². The van der Waals surface area contributed by atoms with E-state index in [1.807, 2.05) is 23.7 Å². The predicted octanol–water partition coefficient (Wildman–Crippen LogP) is 4.83. The number of benzene rings is 2. The Labute approximate surface area is 178 Å². The molecule has 1 aliphatic heterocycles. The monoisotopic (exact) mass is 402 g/mol. The summed E-state index contributed by atoms with van der Waals surface area (Å²) in [5.41, 5.74) is 8.26. The highest BCUT2D eigenvalue weighted by Gasteiger charge is 2.27. The molecule has 0 aliphatic carbocycles. The molecular formula is C25H30N4O. The van der Waals surface area contributed by atoms with Crippen LogP contribution >= 0.6 is 0 Å². The minimum absolute atomic E-state index is 0.0921. The van der Waals surface area contributed by atoms with E-state index in [9.17, 15) is 4.79 Å². The van der Waals surface area contributed by atoms with E-state index in [4.69, 9.17) is 0 Å². The summed E-state index contributed by atoms with van der Waals surface area (Å²) in [4.78, 5) is 13.3. The first-order chi connectivity index (χ1) is 14.4. The quantitative estimate of drug-likeness (QED) is 0.657. The van der Waals surface area contributed by atoms with E-state index in [-0.39, 0.29) is 5.91 Å². The largest absolute Gasteiger partial charge is 0.322 e. The van der Waals surface area contributed by atoms with Gasteiger partial charge in [-0.05, 0) is 88.5 Å². The zero-order chi connectivity index (χ0) is 21.3. The van der Waals surface area contributed by atoms with Crippen LogP contribution in [0.15, 0.2) is 42.6 Å². The van der Waals surface area contributed by atoms with Crippen LogP contribution in [-0.4, -0.2) is 28.8 Å². The van der Waals surface area contributed by atoms with Crippen LogP contribution < -0.4 is 10.6 Å². The van der Waals surface area contributed by atoms with Gasteiger partial charge in [0.25, 0.3) is 5.91 Å². The topological polar surface area (TPSA) is 59.0 Å². The summed E-state index contributed by atoms with van der Waals surface area (Å²) in [6, 6.07) is 12.4. The zero-order valence-electron chi connectivity index (χ0n) is 18.2. The third kappa shape index (κ3) is 4.03. The standard InChI is InChI=1S/C25H30N4O/c1-16-5-8-23(19(4)13-16)28-25(30)22-15-27-29(21-7-6-17(2)18(3)14-21)24(22)20-9-11-26-12-10-20/h5-8,13-15,20,26H,9-12H2,1-4H3,(H,28,30). The SMILES string of the molecule is Cc1ccc(NC(=O)c2cnn(-c3ccc(C)c(C)c3)c2C2CCNCC2)c(C)c1. The lowest BCUT2D eigenvalue weighted by molar-refractivity contribution is 0.102. The third-order valence-electron chi connectivity index (χ3n) is 6.14. The van der Waals surface area contributed by atoms with Crippen LogP contribution in [0.1, 0.15) is 57.1 Å².